The molecule has 6 heteroatoms. The van der Waals surface area contributed by atoms with Crippen molar-refractivity contribution < 1.29 is 28.6 Å². The molecule has 0 radical (unpaired) electrons. The van der Waals surface area contributed by atoms with Crippen LogP contribution >= 0.6 is 0 Å². The summed E-state index contributed by atoms with van der Waals surface area (Å²) in [4.78, 5) is 38.3. The van der Waals surface area contributed by atoms with Gasteiger partial charge in [-0.15, -0.1) is 0 Å². The van der Waals surface area contributed by atoms with E-state index >= 15 is 0 Å². The van der Waals surface area contributed by atoms with Crippen LogP contribution in [0, 0.1) is 0 Å². The number of ether oxygens (including phenoxy) is 3. The lowest BCUT2D eigenvalue weighted by molar-refractivity contribution is -0.167. The zero-order valence-corrected chi connectivity index (χ0v) is 53.4. The number of carbonyl (C=O) groups is 3. The van der Waals surface area contributed by atoms with Crippen molar-refractivity contribution in [2.24, 2.45) is 0 Å². The molecule has 0 aliphatic rings. The molecule has 0 aromatic carbocycles. The van der Waals surface area contributed by atoms with Crippen LogP contribution < -0.4 is 0 Å². The Bertz CT molecular complexity index is 1890. The number of allylic oxidation sites excluding steroid dienone is 28. The number of carbonyl (C=O) groups excluding carboxylic acids is 3. The molecule has 0 heterocycles. The Balaban J connectivity index is 4.32. The van der Waals surface area contributed by atoms with Gasteiger partial charge in [0.05, 0.1) is 0 Å². The molecule has 0 saturated carbocycles. The Morgan fingerprint density at radius 3 is 0.747 bits per heavy atom. The molecule has 0 bridgehead atoms. The predicted molar refractivity (Wildman–Crippen MR) is 361 cm³/mol. The van der Waals surface area contributed by atoms with Crippen LogP contribution in [0.15, 0.2) is 170 Å². The molecule has 6 nitrogen and oxygen atoms in total. The Morgan fingerprint density at radius 1 is 0.253 bits per heavy atom. The van der Waals surface area contributed by atoms with Crippen molar-refractivity contribution in [1.82, 2.24) is 0 Å². The molecule has 0 aliphatic heterocycles. The number of rotatable bonds is 59. The van der Waals surface area contributed by atoms with Gasteiger partial charge in [0.15, 0.2) is 6.10 Å². The molecule has 466 valence electrons. The fourth-order valence-electron chi connectivity index (χ4n) is 8.71. The van der Waals surface area contributed by atoms with E-state index in [1.54, 1.807) is 0 Å². The van der Waals surface area contributed by atoms with Crippen LogP contribution in [-0.2, 0) is 28.6 Å². The van der Waals surface area contributed by atoms with Gasteiger partial charge >= 0.3 is 17.9 Å². The first-order valence-electron chi connectivity index (χ1n) is 33.6. The Morgan fingerprint density at radius 2 is 0.470 bits per heavy atom. The van der Waals surface area contributed by atoms with Gasteiger partial charge in [-0.05, 0) is 154 Å². The molecular formula is C77H122O6. The van der Waals surface area contributed by atoms with E-state index < -0.39 is 6.10 Å². The van der Waals surface area contributed by atoms with Gasteiger partial charge in [0.1, 0.15) is 13.2 Å². The highest BCUT2D eigenvalue weighted by molar-refractivity contribution is 5.71. The van der Waals surface area contributed by atoms with Gasteiger partial charge in [0.25, 0.3) is 0 Å². The summed E-state index contributed by atoms with van der Waals surface area (Å²) in [5, 5.41) is 0. The predicted octanol–water partition coefficient (Wildman–Crippen LogP) is 23.4. The first kappa shape index (κ1) is 77.8. The zero-order chi connectivity index (χ0) is 59.9. The van der Waals surface area contributed by atoms with Crippen molar-refractivity contribution >= 4 is 17.9 Å². The smallest absolute Gasteiger partial charge is 0.306 e. The van der Waals surface area contributed by atoms with Crippen molar-refractivity contribution in [3.05, 3.63) is 170 Å². The molecule has 0 amide bonds. The van der Waals surface area contributed by atoms with Crippen LogP contribution in [0.4, 0.5) is 0 Å². The summed E-state index contributed by atoms with van der Waals surface area (Å²) >= 11 is 0. The fraction of sp³-hybridized carbons (Fsp3) is 0.597. The minimum Gasteiger partial charge on any atom is -0.462 e. The lowest BCUT2D eigenvalue weighted by Crippen LogP contribution is -2.30. The topological polar surface area (TPSA) is 78.9 Å². The largest absolute Gasteiger partial charge is 0.462 e. The normalized spacial score (nSPS) is 13.2. The molecule has 0 saturated heterocycles. The number of unbranched alkanes of at least 4 members (excludes halogenated alkanes) is 20. The Hall–Kier alpha value is -5.23. The van der Waals surface area contributed by atoms with Crippen LogP contribution in [0.25, 0.3) is 0 Å². The van der Waals surface area contributed by atoms with Crippen LogP contribution in [0.5, 0.6) is 0 Å². The van der Waals surface area contributed by atoms with Crippen LogP contribution in [0.2, 0.25) is 0 Å². The summed E-state index contributed by atoms with van der Waals surface area (Å²) in [6.07, 6.45) is 102. The van der Waals surface area contributed by atoms with Crippen LogP contribution in [0.3, 0.4) is 0 Å². The molecular weight excluding hydrogens is 1020 g/mol. The molecule has 83 heavy (non-hydrogen) atoms. The van der Waals surface area contributed by atoms with E-state index in [9.17, 15) is 14.4 Å². The molecule has 0 aromatic rings. The standard InChI is InChI=1S/C77H122O6/c1-4-7-10-13-16-19-22-25-27-29-30-31-32-33-34-35-36-37-38-39-40-41-42-43-44-45-46-48-49-52-55-58-61-64-67-70-76(79)82-73-74(72-81-75(78)69-66-63-60-57-54-51-24-21-18-15-12-9-6-3)83-77(80)71-68-65-62-59-56-53-50-47-28-26-23-20-17-14-11-8-5-2/h7,9-10,12,16-21,25-28,30-31,33-34,36-37,39-40,42-43,45-46,51,54,74H,4-6,8,11,13-15,22-24,29,32,35,38,41,44,47-50,52-53,55-73H2,1-3H3/b10-7-,12-9-,19-16-,20-17-,21-18-,27-25-,28-26-,31-30-,34-33-,37-36-,40-39-,43-42-,46-45-,54-51-. The molecule has 0 N–H and O–H groups in total. The van der Waals surface area contributed by atoms with Gasteiger partial charge in [-0.2, -0.15) is 0 Å². The van der Waals surface area contributed by atoms with Crippen molar-refractivity contribution in [3.63, 3.8) is 0 Å². The third-order valence-electron chi connectivity index (χ3n) is 13.7. The molecule has 1 unspecified atom stereocenters. The molecule has 0 fully saturated rings. The van der Waals surface area contributed by atoms with E-state index in [4.69, 9.17) is 14.2 Å². The summed E-state index contributed by atoms with van der Waals surface area (Å²) in [5.74, 6) is -0.954. The lowest BCUT2D eigenvalue weighted by atomic mass is 10.1. The van der Waals surface area contributed by atoms with Gasteiger partial charge in [-0.25, -0.2) is 0 Å². The maximum atomic E-state index is 12.9. The Labute approximate surface area is 511 Å². The highest BCUT2D eigenvalue weighted by Crippen LogP contribution is 2.14. The van der Waals surface area contributed by atoms with Crippen molar-refractivity contribution in [2.45, 2.75) is 284 Å². The summed E-state index contributed by atoms with van der Waals surface area (Å²) < 4.78 is 16.9. The first-order chi connectivity index (χ1) is 41.0. The lowest BCUT2D eigenvalue weighted by Gasteiger charge is -2.18. The summed E-state index contributed by atoms with van der Waals surface area (Å²) in [6, 6.07) is 0. The third kappa shape index (κ3) is 67.4. The molecule has 1 atom stereocenters. The third-order valence-corrected chi connectivity index (χ3v) is 13.7. The maximum absolute atomic E-state index is 12.9. The van der Waals surface area contributed by atoms with E-state index in [0.29, 0.717) is 19.3 Å². The molecule has 0 aliphatic carbocycles. The fourth-order valence-corrected chi connectivity index (χ4v) is 8.71. The van der Waals surface area contributed by atoms with E-state index in [-0.39, 0.29) is 31.1 Å². The molecule has 0 rings (SSSR count). The second kappa shape index (κ2) is 69.3. The highest BCUT2D eigenvalue weighted by Gasteiger charge is 2.19. The van der Waals surface area contributed by atoms with Crippen molar-refractivity contribution in [2.75, 3.05) is 13.2 Å². The van der Waals surface area contributed by atoms with Crippen molar-refractivity contribution in [1.29, 1.82) is 0 Å². The summed E-state index contributed by atoms with van der Waals surface area (Å²) in [6.45, 7) is 6.34. The second-order valence-corrected chi connectivity index (χ2v) is 21.6. The minimum atomic E-state index is -0.808. The first-order valence-corrected chi connectivity index (χ1v) is 33.6. The van der Waals surface area contributed by atoms with Crippen LogP contribution in [0.1, 0.15) is 278 Å². The van der Waals surface area contributed by atoms with E-state index in [1.165, 1.54) is 77.0 Å². The monoisotopic (exact) mass is 1140 g/mol. The van der Waals surface area contributed by atoms with Gasteiger partial charge < -0.3 is 14.2 Å². The van der Waals surface area contributed by atoms with Crippen molar-refractivity contribution in [3.8, 4) is 0 Å². The molecule has 0 spiro atoms. The maximum Gasteiger partial charge on any atom is 0.306 e. The summed E-state index contributed by atoms with van der Waals surface area (Å²) in [7, 11) is 0. The van der Waals surface area contributed by atoms with Gasteiger partial charge in [0.2, 0.25) is 0 Å². The van der Waals surface area contributed by atoms with Gasteiger partial charge in [-0.3, -0.25) is 14.4 Å². The van der Waals surface area contributed by atoms with E-state index in [0.717, 1.165) is 161 Å². The van der Waals surface area contributed by atoms with Gasteiger partial charge in [-0.1, -0.05) is 274 Å². The Kier molecular flexibility index (Phi) is 64.9. The minimum absolute atomic E-state index is 0.103. The average molecular weight is 1140 g/mol. The SMILES string of the molecule is CC/C=C\C/C=C\C/C=C\C/C=C\C/C=C\C/C=C\C/C=C\C/C=C\C/C=C\CCCCCCCCCC(=O)OCC(COC(=O)CCCCC/C=C\C/C=C\C/C=C\CC)OC(=O)CCCCCCCCC/C=C\C/C=C\CCCCC. The molecule has 0 aromatic heterocycles. The number of hydrogen-bond donors (Lipinski definition) is 0. The quantitative estimate of drug-likeness (QED) is 0.0261. The highest BCUT2D eigenvalue weighted by atomic mass is 16.6. The van der Waals surface area contributed by atoms with E-state index in [2.05, 4.69) is 191 Å². The van der Waals surface area contributed by atoms with E-state index in [1.807, 2.05) is 0 Å². The average Bonchev–Trinajstić information content (AvgIpc) is 3.49. The zero-order valence-electron chi connectivity index (χ0n) is 53.4. The van der Waals surface area contributed by atoms with Gasteiger partial charge in [0, 0.05) is 19.3 Å². The second-order valence-electron chi connectivity index (χ2n) is 21.6. The number of esters is 3. The number of hydrogen-bond acceptors (Lipinski definition) is 6. The van der Waals surface area contributed by atoms with Crippen LogP contribution in [-0.4, -0.2) is 37.2 Å². The summed E-state index contributed by atoms with van der Waals surface area (Å²) in [5.41, 5.74) is 0.